The number of non-ortho nitro benzene ring substituents is 1. The Kier molecular flexibility index (Phi) is 4.40. The molecular weight excluding hydrogens is 286 g/mol. The van der Waals surface area contributed by atoms with Gasteiger partial charge in [-0.05, 0) is 12.1 Å². The number of nitrogens with zero attached hydrogens (tertiary/aromatic N) is 1. The minimum atomic E-state index is -2.18. The van der Waals surface area contributed by atoms with Crippen molar-refractivity contribution < 1.29 is 34.8 Å². The summed E-state index contributed by atoms with van der Waals surface area (Å²) in [6.07, 6.45) is -4.62. The lowest BCUT2D eigenvalue weighted by atomic mass is 9.97. The summed E-state index contributed by atoms with van der Waals surface area (Å²) in [7, 11) is 0. The number of rotatable bonds is 4. The van der Waals surface area contributed by atoms with Gasteiger partial charge in [-0.25, -0.2) is 0 Å². The summed E-state index contributed by atoms with van der Waals surface area (Å²) in [6, 6.07) is 5.08. The number of aliphatic hydroxyl groups is 4. The van der Waals surface area contributed by atoms with E-state index in [1.165, 1.54) is 24.3 Å². The van der Waals surface area contributed by atoms with Crippen LogP contribution in [0.15, 0.2) is 24.3 Å². The summed E-state index contributed by atoms with van der Waals surface area (Å²) >= 11 is 0. The van der Waals surface area contributed by atoms with Gasteiger partial charge in [-0.2, -0.15) is 0 Å². The topological polar surface area (TPSA) is 143 Å². The van der Waals surface area contributed by atoms with Gasteiger partial charge in [0.05, 0.1) is 11.5 Å². The van der Waals surface area contributed by atoms with Crippen LogP contribution in [0, 0.1) is 10.1 Å². The zero-order valence-electron chi connectivity index (χ0n) is 10.8. The second kappa shape index (κ2) is 5.92. The molecule has 1 fully saturated rings. The van der Waals surface area contributed by atoms with Gasteiger partial charge in [0.1, 0.15) is 30.7 Å². The highest BCUT2D eigenvalue weighted by Gasteiger charge is 2.49. The van der Waals surface area contributed by atoms with Crippen molar-refractivity contribution in [3.63, 3.8) is 0 Å². The van der Waals surface area contributed by atoms with Gasteiger partial charge in [0.15, 0.2) is 0 Å². The lowest BCUT2D eigenvalue weighted by Gasteiger charge is -2.41. The highest BCUT2D eigenvalue weighted by Crippen LogP contribution is 2.26. The third-order valence-electron chi connectivity index (χ3n) is 3.18. The number of hydrogen-bond donors (Lipinski definition) is 4. The van der Waals surface area contributed by atoms with E-state index in [9.17, 15) is 30.5 Å². The van der Waals surface area contributed by atoms with Crippen molar-refractivity contribution in [3.8, 4) is 5.75 Å². The molecule has 116 valence electrons. The maximum absolute atomic E-state index is 10.5. The third-order valence-corrected chi connectivity index (χ3v) is 3.18. The molecule has 1 aromatic rings. The van der Waals surface area contributed by atoms with Crippen LogP contribution in [0.3, 0.4) is 0 Å². The Labute approximate surface area is 119 Å². The van der Waals surface area contributed by atoms with Gasteiger partial charge in [0.2, 0.25) is 5.79 Å². The number of ether oxygens (including phenoxy) is 2. The number of benzene rings is 1. The second-order valence-electron chi connectivity index (χ2n) is 4.70. The van der Waals surface area contributed by atoms with Gasteiger partial charge >= 0.3 is 0 Å². The van der Waals surface area contributed by atoms with Gasteiger partial charge in [0.25, 0.3) is 5.69 Å². The molecular formula is C12H15NO8. The van der Waals surface area contributed by atoms with E-state index in [0.29, 0.717) is 0 Å². The fraction of sp³-hybridized carbons (Fsp3) is 0.500. The minimum absolute atomic E-state index is 0.117. The van der Waals surface area contributed by atoms with E-state index in [1.54, 1.807) is 0 Å². The maximum atomic E-state index is 10.5. The van der Waals surface area contributed by atoms with Crippen molar-refractivity contribution >= 4 is 5.69 Å². The zero-order valence-corrected chi connectivity index (χ0v) is 10.8. The van der Waals surface area contributed by atoms with Crippen molar-refractivity contribution in [3.05, 3.63) is 34.4 Å². The van der Waals surface area contributed by atoms with E-state index in [4.69, 9.17) is 9.47 Å². The molecule has 0 saturated carbocycles. The second-order valence-corrected chi connectivity index (χ2v) is 4.70. The van der Waals surface area contributed by atoms with Crippen LogP contribution in [0.25, 0.3) is 0 Å². The molecule has 0 aliphatic carbocycles. The standard InChI is InChI=1S/C12H15NO8/c14-9-5-21-12(17,11(16)10(9)15)6-20-8-3-1-7(2-4-8)13(18)19/h1-4,9-11,14-17H,5-6H2/t9-,10-,11+,12+/m1/s1. The molecule has 1 heterocycles. The SMILES string of the molecule is O=[N+]([O-])c1ccc(OC[C@]2(O)OC[C@@H](O)[C@@H](O)[C@@H]2O)cc1. The third kappa shape index (κ3) is 3.28. The maximum Gasteiger partial charge on any atom is 0.269 e. The largest absolute Gasteiger partial charge is 0.488 e. The number of hydrogen-bond acceptors (Lipinski definition) is 8. The minimum Gasteiger partial charge on any atom is -0.488 e. The van der Waals surface area contributed by atoms with Crippen molar-refractivity contribution in [2.24, 2.45) is 0 Å². The van der Waals surface area contributed by atoms with Crippen molar-refractivity contribution in [2.75, 3.05) is 13.2 Å². The molecule has 21 heavy (non-hydrogen) atoms. The molecule has 0 aromatic heterocycles. The van der Waals surface area contributed by atoms with E-state index >= 15 is 0 Å². The first kappa shape index (κ1) is 15.6. The van der Waals surface area contributed by atoms with Crippen LogP contribution in [-0.2, 0) is 4.74 Å². The van der Waals surface area contributed by atoms with Crippen LogP contribution in [0.1, 0.15) is 0 Å². The van der Waals surface area contributed by atoms with Crippen molar-refractivity contribution in [1.29, 1.82) is 0 Å². The van der Waals surface area contributed by atoms with E-state index in [-0.39, 0.29) is 18.0 Å². The fourth-order valence-electron chi connectivity index (χ4n) is 1.87. The fourth-order valence-corrected chi connectivity index (χ4v) is 1.87. The van der Waals surface area contributed by atoms with E-state index in [2.05, 4.69) is 0 Å². The number of nitro groups is 1. The Bertz CT molecular complexity index is 506. The molecule has 9 heteroatoms. The summed E-state index contributed by atoms with van der Waals surface area (Å²) in [5, 5.41) is 49.1. The normalized spacial score (nSPS) is 32.7. The van der Waals surface area contributed by atoms with E-state index < -0.39 is 35.6 Å². The molecule has 4 N–H and O–H groups in total. The number of nitro benzene ring substituents is 1. The summed E-state index contributed by atoms with van der Waals surface area (Å²) in [6.45, 7) is -0.881. The average molecular weight is 301 g/mol. The Morgan fingerprint density at radius 1 is 1.33 bits per heavy atom. The van der Waals surface area contributed by atoms with Crippen LogP contribution < -0.4 is 4.74 Å². The first-order valence-corrected chi connectivity index (χ1v) is 6.11. The Hall–Kier alpha value is -1.78. The van der Waals surface area contributed by atoms with Gasteiger partial charge in [-0.3, -0.25) is 10.1 Å². The Morgan fingerprint density at radius 2 is 1.95 bits per heavy atom. The lowest BCUT2D eigenvalue weighted by Crippen LogP contribution is -2.63. The lowest BCUT2D eigenvalue weighted by molar-refractivity contribution is -0.384. The zero-order chi connectivity index (χ0) is 15.6. The van der Waals surface area contributed by atoms with Crippen molar-refractivity contribution in [2.45, 2.75) is 24.1 Å². The van der Waals surface area contributed by atoms with E-state index in [1.807, 2.05) is 0 Å². The van der Waals surface area contributed by atoms with Crippen LogP contribution in [0.2, 0.25) is 0 Å². The van der Waals surface area contributed by atoms with Gasteiger partial charge < -0.3 is 29.9 Å². The van der Waals surface area contributed by atoms with E-state index in [0.717, 1.165) is 0 Å². The highest BCUT2D eigenvalue weighted by molar-refractivity contribution is 5.36. The van der Waals surface area contributed by atoms with Gasteiger partial charge in [0, 0.05) is 12.1 Å². The van der Waals surface area contributed by atoms with Gasteiger partial charge in [-0.15, -0.1) is 0 Å². The van der Waals surface area contributed by atoms with Gasteiger partial charge in [-0.1, -0.05) is 0 Å². The molecule has 0 unspecified atom stereocenters. The Balaban J connectivity index is 2.00. The Morgan fingerprint density at radius 3 is 2.52 bits per heavy atom. The summed E-state index contributed by atoms with van der Waals surface area (Å²) < 4.78 is 10.1. The predicted molar refractivity (Wildman–Crippen MR) is 67.5 cm³/mol. The molecule has 0 radical (unpaired) electrons. The smallest absolute Gasteiger partial charge is 0.269 e. The van der Waals surface area contributed by atoms with Crippen LogP contribution in [0.5, 0.6) is 5.75 Å². The molecule has 9 nitrogen and oxygen atoms in total. The molecule has 0 spiro atoms. The first-order valence-electron chi connectivity index (χ1n) is 6.11. The average Bonchev–Trinajstić information content (AvgIpc) is 2.48. The summed E-state index contributed by atoms with van der Waals surface area (Å²) in [5.41, 5.74) is -0.117. The molecule has 1 aliphatic rings. The van der Waals surface area contributed by atoms with Crippen LogP contribution >= 0.6 is 0 Å². The van der Waals surface area contributed by atoms with Crippen LogP contribution in [-0.4, -0.2) is 62.7 Å². The molecule has 0 amide bonds. The molecule has 1 aliphatic heterocycles. The monoisotopic (exact) mass is 301 g/mol. The summed E-state index contributed by atoms with van der Waals surface area (Å²) in [5.74, 6) is -1.97. The van der Waals surface area contributed by atoms with Crippen molar-refractivity contribution in [1.82, 2.24) is 0 Å². The molecule has 1 aromatic carbocycles. The molecule has 2 rings (SSSR count). The number of aliphatic hydroxyl groups excluding tert-OH is 3. The molecule has 0 bridgehead atoms. The first-order chi connectivity index (χ1) is 9.83. The molecule has 1 saturated heterocycles. The van der Waals surface area contributed by atoms with Crippen LogP contribution in [0.4, 0.5) is 5.69 Å². The highest BCUT2D eigenvalue weighted by atomic mass is 16.7. The summed E-state index contributed by atoms with van der Waals surface area (Å²) in [4.78, 5) is 9.93. The quantitative estimate of drug-likeness (QED) is 0.400. The molecule has 4 atom stereocenters. The predicted octanol–water partition coefficient (Wildman–Crippen LogP) is -1.22.